The van der Waals surface area contributed by atoms with Crippen molar-refractivity contribution in [3.05, 3.63) is 34.5 Å². The van der Waals surface area contributed by atoms with Gasteiger partial charge in [0.05, 0.1) is 0 Å². The van der Waals surface area contributed by atoms with Crippen LogP contribution in [-0.2, 0) is 12.6 Å². The van der Waals surface area contributed by atoms with Gasteiger partial charge in [-0.2, -0.15) is 13.2 Å². The maximum absolute atomic E-state index is 13.0. The van der Waals surface area contributed by atoms with Crippen molar-refractivity contribution in [2.45, 2.75) is 26.4 Å². The summed E-state index contributed by atoms with van der Waals surface area (Å²) >= 11 is 0. The zero-order chi connectivity index (χ0) is 13.5. The van der Waals surface area contributed by atoms with E-state index in [1.54, 1.807) is 6.92 Å². The predicted molar refractivity (Wildman–Crippen MR) is 65.5 cm³/mol. The number of alkyl halides is 3. The number of benzene rings is 1. The van der Waals surface area contributed by atoms with Crippen LogP contribution in [0.15, 0.2) is 12.1 Å². The Morgan fingerprint density at radius 1 is 1.17 bits per heavy atom. The van der Waals surface area contributed by atoms with Crippen molar-refractivity contribution in [2.75, 3.05) is 6.54 Å². The standard InChI is InChI=1S/C13H15F3N2/c1-7-3-4-8(2)11-10(7)9(5-6-17)12(18-11)13(14,15)16/h3-4,18H,5-6,17H2,1-2H3. The molecule has 0 unspecified atom stereocenters. The molecular formula is C13H15F3N2. The Labute approximate surface area is 103 Å². The number of hydrogen-bond acceptors (Lipinski definition) is 1. The fourth-order valence-corrected chi connectivity index (χ4v) is 2.32. The first-order valence-electron chi connectivity index (χ1n) is 5.74. The molecule has 98 valence electrons. The topological polar surface area (TPSA) is 41.8 Å². The fourth-order valence-electron chi connectivity index (χ4n) is 2.32. The highest BCUT2D eigenvalue weighted by molar-refractivity contribution is 5.90. The molecule has 0 amide bonds. The number of aromatic nitrogens is 1. The van der Waals surface area contributed by atoms with Gasteiger partial charge >= 0.3 is 6.18 Å². The molecule has 5 heteroatoms. The van der Waals surface area contributed by atoms with Crippen molar-refractivity contribution in [1.29, 1.82) is 0 Å². The van der Waals surface area contributed by atoms with Crippen molar-refractivity contribution in [2.24, 2.45) is 5.73 Å². The largest absolute Gasteiger partial charge is 0.431 e. The number of hydrogen-bond donors (Lipinski definition) is 2. The van der Waals surface area contributed by atoms with Gasteiger partial charge in [-0.05, 0) is 43.5 Å². The van der Waals surface area contributed by atoms with E-state index in [2.05, 4.69) is 4.98 Å². The summed E-state index contributed by atoms with van der Waals surface area (Å²) in [5.74, 6) is 0. The third-order valence-corrected chi connectivity index (χ3v) is 3.15. The van der Waals surface area contributed by atoms with Gasteiger partial charge in [0, 0.05) is 10.9 Å². The second-order valence-corrected chi connectivity index (χ2v) is 4.46. The molecule has 0 aliphatic rings. The van der Waals surface area contributed by atoms with Gasteiger partial charge in [0.25, 0.3) is 0 Å². The van der Waals surface area contributed by atoms with E-state index in [1.807, 2.05) is 19.1 Å². The summed E-state index contributed by atoms with van der Waals surface area (Å²) in [7, 11) is 0. The molecule has 0 fully saturated rings. The highest BCUT2D eigenvalue weighted by Gasteiger charge is 2.36. The second kappa shape index (κ2) is 4.31. The number of H-pyrrole nitrogens is 1. The molecule has 1 heterocycles. The number of nitrogens with one attached hydrogen (secondary N) is 1. The minimum atomic E-state index is -4.37. The lowest BCUT2D eigenvalue weighted by Crippen LogP contribution is -2.12. The van der Waals surface area contributed by atoms with Crippen molar-refractivity contribution in [3.8, 4) is 0 Å². The minimum Gasteiger partial charge on any atom is -0.351 e. The fraction of sp³-hybridized carbons (Fsp3) is 0.385. The third-order valence-electron chi connectivity index (χ3n) is 3.15. The summed E-state index contributed by atoms with van der Waals surface area (Å²) in [6.45, 7) is 3.81. The summed E-state index contributed by atoms with van der Waals surface area (Å²) in [5, 5.41) is 0.660. The van der Waals surface area contributed by atoms with Gasteiger partial charge in [0.15, 0.2) is 0 Å². The molecule has 0 radical (unpaired) electrons. The number of rotatable bonds is 2. The monoisotopic (exact) mass is 256 g/mol. The van der Waals surface area contributed by atoms with Crippen molar-refractivity contribution >= 4 is 10.9 Å². The first-order chi connectivity index (χ1) is 8.36. The Kier molecular flexibility index (Phi) is 3.11. The van der Waals surface area contributed by atoms with E-state index in [1.165, 1.54) is 0 Å². The van der Waals surface area contributed by atoms with Crippen molar-refractivity contribution < 1.29 is 13.2 Å². The molecule has 0 saturated carbocycles. The number of aryl methyl sites for hydroxylation is 2. The summed E-state index contributed by atoms with van der Waals surface area (Å²) in [6, 6.07) is 3.66. The second-order valence-electron chi connectivity index (χ2n) is 4.46. The predicted octanol–water partition coefficient (Wildman–Crippen LogP) is 3.30. The molecule has 2 nitrogen and oxygen atoms in total. The van der Waals surface area contributed by atoms with Crippen LogP contribution in [0, 0.1) is 13.8 Å². The lowest BCUT2D eigenvalue weighted by atomic mass is 10.0. The zero-order valence-corrected chi connectivity index (χ0v) is 10.3. The van der Waals surface area contributed by atoms with Crippen LogP contribution in [0.1, 0.15) is 22.4 Å². The highest BCUT2D eigenvalue weighted by Crippen LogP contribution is 2.37. The summed E-state index contributed by atoms with van der Waals surface area (Å²) in [5.41, 5.74) is 7.25. The van der Waals surface area contributed by atoms with E-state index in [0.29, 0.717) is 10.9 Å². The Bertz CT molecular complexity index is 582. The number of nitrogens with two attached hydrogens (primary N) is 1. The molecule has 1 aromatic heterocycles. The van der Waals surface area contributed by atoms with Gasteiger partial charge in [-0.15, -0.1) is 0 Å². The molecule has 0 saturated heterocycles. The first kappa shape index (κ1) is 13.0. The lowest BCUT2D eigenvalue weighted by molar-refractivity contribution is -0.141. The Hall–Kier alpha value is -1.49. The number of fused-ring (bicyclic) bond motifs is 1. The normalized spacial score (nSPS) is 12.3. The summed E-state index contributed by atoms with van der Waals surface area (Å²) in [6.07, 6.45) is -4.15. The maximum Gasteiger partial charge on any atom is 0.431 e. The minimum absolute atomic E-state index is 0.198. The zero-order valence-electron chi connectivity index (χ0n) is 10.3. The van der Waals surface area contributed by atoms with Gasteiger partial charge < -0.3 is 10.7 Å². The van der Waals surface area contributed by atoms with Crippen LogP contribution >= 0.6 is 0 Å². The molecule has 18 heavy (non-hydrogen) atoms. The van der Waals surface area contributed by atoms with Gasteiger partial charge in [-0.1, -0.05) is 12.1 Å². The van der Waals surface area contributed by atoms with Crippen LogP contribution in [0.25, 0.3) is 10.9 Å². The van der Waals surface area contributed by atoms with Crippen LogP contribution in [-0.4, -0.2) is 11.5 Å². The number of aromatic amines is 1. The highest BCUT2D eigenvalue weighted by atomic mass is 19.4. The maximum atomic E-state index is 13.0. The van der Waals surface area contributed by atoms with Crippen molar-refractivity contribution in [3.63, 3.8) is 0 Å². The van der Waals surface area contributed by atoms with E-state index < -0.39 is 11.9 Å². The Balaban J connectivity index is 2.84. The third kappa shape index (κ3) is 1.99. The Morgan fingerprint density at radius 2 is 1.78 bits per heavy atom. The summed E-state index contributed by atoms with van der Waals surface area (Å²) in [4.78, 5) is 2.52. The molecular weight excluding hydrogens is 241 g/mol. The first-order valence-corrected chi connectivity index (χ1v) is 5.74. The molecule has 3 N–H and O–H groups in total. The van der Waals surface area contributed by atoms with E-state index in [9.17, 15) is 13.2 Å². The van der Waals surface area contributed by atoms with Crippen LogP contribution in [0.2, 0.25) is 0 Å². The summed E-state index contributed by atoms with van der Waals surface area (Å²) < 4.78 is 39.0. The van der Waals surface area contributed by atoms with Gasteiger partial charge in [0.2, 0.25) is 0 Å². The Morgan fingerprint density at radius 3 is 2.33 bits per heavy atom. The molecule has 0 bridgehead atoms. The van der Waals surface area contributed by atoms with Gasteiger partial charge in [-0.25, -0.2) is 0 Å². The van der Waals surface area contributed by atoms with E-state index >= 15 is 0 Å². The van der Waals surface area contributed by atoms with Crippen LogP contribution in [0.4, 0.5) is 13.2 Å². The van der Waals surface area contributed by atoms with Crippen LogP contribution in [0.3, 0.4) is 0 Å². The molecule has 1 aromatic carbocycles. The van der Waals surface area contributed by atoms with E-state index in [0.717, 1.165) is 11.1 Å². The molecule has 0 spiro atoms. The van der Waals surface area contributed by atoms with Crippen LogP contribution in [0.5, 0.6) is 0 Å². The molecule has 2 rings (SSSR count). The lowest BCUT2D eigenvalue weighted by Gasteiger charge is -2.07. The SMILES string of the molecule is Cc1ccc(C)c2c(CCN)c(C(F)(F)F)[nH]c12. The van der Waals surface area contributed by atoms with Gasteiger partial charge in [0.1, 0.15) is 5.69 Å². The van der Waals surface area contributed by atoms with Crippen LogP contribution < -0.4 is 5.73 Å². The van der Waals surface area contributed by atoms with Gasteiger partial charge in [-0.3, -0.25) is 0 Å². The molecule has 2 aromatic rings. The average Bonchev–Trinajstić information content (AvgIpc) is 2.65. The molecule has 0 atom stereocenters. The molecule has 0 aliphatic carbocycles. The van der Waals surface area contributed by atoms with E-state index in [-0.39, 0.29) is 18.5 Å². The average molecular weight is 256 g/mol. The quantitative estimate of drug-likeness (QED) is 0.850. The number of halogens is 3. The van der Waals surface area contributed by atoms with Crippen molar-refractivity contribution in [1.82, 2.24) is 4.98 Å². The smallest absolute Gasteiger partial charge is 0.351 e. The van der Waals surface area contributed by atoms with E-state index in [4.69, 9.17) is 5.73 Å². The molecule has 0 aliphatic heterocycles.